The average molecular weight is 278 g/mol. The van der Waals surface area contributed by atoms with E-state index in [1.807, 2.05) is 18.6 Å². The molecule has 0 unspecified atom stereocenters. The summed E-state index contributed by atoms with van der Waals surface area (Å²) in [7, 11) is -3.77. The molecule has 0 aromatic heterocycles. The van der Waals surface area contributed by atoms with E-state index in [0.717, 1.165) is 12.1 Å². The Hall–Kier alpha value is -1.21. The fourth-order valence-corrected chi connectivity index (χ4v) is 2.28. The Kier molecular flexibility index (Phi) is 5.03. The van der Waals surface area contributed by atoms with E-state index in [9.17, 15) is 17.2 Å². The van der Waals surface area contributed by atoms with Crippen LogP contribution in [0.5, 0.6) is 0 Å². The molecule has 7 heteroatoms. The highest BCUT2D eigenvalue weighted by Crippen LogP contribution is 2.19. The third kappa shape index (κ3) is 4.58. The number of rotatable bonds is 6. The molecule has 0 radical (unpaired) electrons. The number of halogens is 2. The number of sulfonamides is 1. The van der Waals surface area contributed by atoms with E-state index in [2.05, 4.69) is 5.32 Å². The van der Waals surface area contributed by atoms with E-state index in [-0.39, 0.29) is 18.3 Å². The van der Waals surface area contributed by atoms with Crippen LogP contribution in [0.4, 0.5) is 14.5 Å². The van der Waals surface area contributed by atoms with Gasteiger partial charge in [0.05, 0.1) is 5.75 Å². The molecule has 0 spiro atoms. The first-order valence-corrected chi connectivity index (χ1v) is 7.15. The molecule has 0 aliphatic carbocycles. The molecule has 0 amide bonds. The van der Waals surface area contributed by atoms with E-state index < -0.39 is 27.3 Å². The van der Waals surface area contributed by atoms with Crippen LogP contribution in [0.1, 0.15) is 13.8 Å². The first kappa shape index (κ1) is 14.8. The minimum atomic E-state index is -3.77. The van der Waals surface area contributed by atoms with Gasteiger partial charge in [-0.05, 0) is 12.1 Å². The van der Waals surface area contributed by atoms with Crippen molar-refractivity contribution >= 4 is 15.7 Å². The Bertz CT molecular complexity index is 484. The molecule has 0 saturated carbocycles. The molecule has 0 bridgehead atoms. The summed E-state index contributed by atoms with van der Waals surface area (Å²) < 4.78 is 51.6. The second-order valence-electron chi connectivity index (χ2n) is 4.13. The largest absolute Gasteiger partial charge is 0.313 e. The maximum absolute atomic E-state index is 13.2. The van der Waals surface area contributed by atoms with Gasteiger partial charge in [-0.25, -0.2) is 17.2 Å². The maximum Gasteiger partial charge on any atom is 0.234 e. The van der Waals surface area contributed by atoms with Gasteiger partial charge in [-0.15, -0.1) is 0 Å². The molecule has 0 aliphatic heterocycles. The molecular weight excluding hydrogens is 262 g/mol. The van der Waals surface area contributed by atoms with Crippen LogP contribution in [0.3, 0.4) is 0 Å². The van der Waals surface area contributed by atoms with Crippen LogP contribution < -0.4 is 10.0 Å². The van der Waals surface area contributed by atoms with Gasteiger partial charge in [0.1, 0.15) is 17.3 Å². The number of hydrogen-bond acceptors (Lipinski definition) is 3. The van der Waals surface area contributed by atoms with Crippen molar-refractivity contribution in [2.75, 3.05) is 17.0 Å². The molecule has 1 aromatic rings. The van der Waals surface area contributed by atoms with Crippen molar-refractivity contribution in [3.05, 3.63) is 29.8 Å². The van der Waals surface area contributed by atoms with E-state index in [1.165, 1.54) is 6.07 Å². The third-order valence-corrected chi connectivity index (χ3v) is 3.40. The molecule has 0 fully saturated rings. The van der Waals surface area contributed by atoms with E-state index in [1.54, 1.807) is 0 Å². The van der Waals surface area contributed by atoms with Crippen molar-refractivity contribution in [1.82, 2.24) is 5.32 Å². The van der Waals surface area contributed by atoms with Crippen LogP contribution in [0.2, 0.25) is 0 Å². The zero-order valence-electron chi connectivity index (χ0n) is 10.2. The van der Waals surface area contributed by atoms with Gasteiger partial charge in [0.2, 0.25) is 10.0 Å². The van der Waals surface area contributed by atoms with Crippen LogP contribution in [-0.4, -0.2) is 26.8 Å². The summed E-state index contributed by atoms with van der Waals surface area (Å²) in [5.74, 6) is -2.12. The molecule has 0 aliphatic rings. The summed E-state index contributed by atoms with van der Waals surface area (Å²) in [6, 6.07) is 3.30. The monoisotopic (exact) mass is 278 g/mol. The molecule has 1 aromatic carbocycles. The normalized spacial score (nSPS) is 11.8. The topological polar surface area (TPSA) is 58.2 Å². The Morgan fingerprint density at radius 3 is 2.28 bits per heavy atom. The lowest BCUT2D eigenvalue weighted by Gasteiger charge is -2.11. The zero-order valence-corrected chi connectivity index (χ0v) is 11.0. The predicted molar refractivity (Wildman–Crippen MR) is 66.9 cm³/mol. The van der Waals surface area contributed by atoms with Crippen molar-refractivity contribution in [1.29, 1.82) is 0 Å². The van der Waals surface area contributed by atoms with Gasteiger partial charge in [0.15, 0.2) is 0 Å². The summed E-state index contributed by atoms with van der Waals surface area (Å²) in [5.41, 5.74) is -0.637. The second kappa shape index (κ2) is 6.10. The SMILES string of the molecule is CC(C)NCCS(=O)(=O)Nc1c(F)cccc1F. The number of nitrogens with one attached hydrogen (secondary N) is 2. The van der Waals surface area contributed by atoms with Crippen LogP contribution in [0.15, 0.2) is 18.2 Å². The van der Waals surface area contributed by atoms with E-state index >= 15 is 0 Å². The third-order valence-electron chi connectivity index (χ3n) is 2.14. The zero-order chi connectivity index (χ0) is 13.8. The first-order chi connectivity index (χ1) is 8.32. The second-order valence-corrected chi connectivity index (χ2v) is 5.97. The predicted octanol–water partition coefficient (Wildman–Crippen LogP) is 1.70. The molecule has 18 heavy (non-hydrogen) atoms. The van der Waals surface area contributed by atoms with Gasteiger partial charge in [-0.3, -0.25) is 4.72 Å². The van der Waals surface area contributed by atoms with Crippen molar-refractivity contribution in [2.45, 2.75) is 19.9 Å². The molecule has 4 nitrogen and oxygen atoms in total. The van der Waals surface area contributed by atoms with Gasteiger partial charge < -0.3 is 5.32 Å². The van der Waals surface area contributed by atoms with Gasteiger partial charge >= 0.3 is 0 Å². The lowest BCUT2D eigenvalue weighted by molar-refractivity contribution is 0.574. The first-order valence-electron chi connectivity index (χ1n) is 5.50. The molecule has 1 rings (SSSR count). The van der Waals surface area contributed by atoms with Crippen LogP contribution in [0, 0.1) is 11.6 Å². The summed E-state index contributed by atoms with van der Waals surface area (Å²) in [6.45, 7) is 3.95. The molecule has 2 N–H and O–H groups in total. The lowest BCUT2D eigenvalue weighted by atomic mass is 10.3. The van der Waals surface area contributed by atoms with Crippen molar-refractivity contribution in [3.63, 3.8) is 0 Å². The highest BCUT2D eigenvalue weighted by atomic mass is 32.2. The summed E-state index contributed by atoms with van der Waals surface area (Å²) in [6.07, 6.45) is 0. The Morgan fingerprint density at radius 2 is 1.78 bits per heavy atom. The molecule has 0 saturated heterocycles. The van der Waals surface area contributed by atoms with Crippen LogP contribution in [0.25, 0.3) is 0 Å². The van der Waals surface area contributed by atoms with Crippen LogP contribution in [-0.2, 0) is 10.0 Å². The Morgan fingerprint density at radius 1 is 1.22 bits per heavy atom. The number of para-hydroxylation sites is 1. The highest BCUT2D eigenvalue weighted by Gasteiger charge is 2.16. The van der Waals surface area contributed by atoms with Gasteiger partial charge in [0, 0.05) is 12.6 Å². The summed E-state index contributed by atoms with van der Waals surface area (Å²) in [4.78, 5) is 0. The number of hydrogen-bond donors (Lipinski definition) is 2. The van der Waals surface area contributed by atoms with Crippen molar-refractivity contribution in [2.24, 2.45) is 0 Å². The average Bonchev–Trinajstić information content (AvgIpc) is 2.23. The standard InChI is InChI=1S/C11H16F2N2O2S/c1-8(2)14-6-7-18(16,17)15-11-9(12)4-3-5-10(11)13/h3-5,8,14-15H,6-7H2,1-2H3. The Labute approximate surface area is 105 Å². The Balaban J connectivity index is 2.71. The number of anilines is 1. The summed E-state index contributed by atoms with van der Waals surface area (Å²) in [5, 5.41) is 2.91. The van der Waals surface area contributed by atoms with E-state index in [0.29, 0.717) is 0 Å². The number of benzene rings is 1. The van der Waals surface area contributed by atoms with Crippen molar-refractivity contribution < 1.29 is 17.2 Å². The maximum atomic E-state index is 13.2. The smallest absolute Gasteiger partial charge is 0.234 e. The minimum Gasteiger partial charge on any atom is -0.313 e. The van der Waals surface area contributed by atoms with Crippen LogP contribution >= 0.6 is 0 Å². The molecular formula is C11H16F2N2O2S. The highest BCUT2D eigenvalue weighted by molar-refractivity contribution is 7.92. The van der Waals surface area contributed by atoms with Crippen molar-refractivity contribution in [3.8, 4) is 0 Å². The fourth-order valence-electron chi connectivity index (χ4n) is 1.28. The molecule has 0 atom stereocenters. The van der Waals surface area contributed by atoms with Gasteiger partial charge in [-0.2, -0.15) is 0 Å². The molecule has 102 valence electrons. The lowest BCUT2D eigenvalue weighted by Crippen LogP contribution is -2.31. The fraction of sp³-hybridized carbons (Fsp3) is 0.455. The van der Waals surface area contributed by atoms with Gasteiger partial charge in [-0.1, -0.05) is 19.9 Å². The molecule has 0 heterocycles. The van der Waals surface area contributed by atoms with Gasteiger partial charge in [0.25, 0.3) is 0 Å². The minimum absolute atomic E-state index is 0.144. The van der Waals surface area contributed by atoms with E-state index in [4.69, 9.17) is 0 Å². The quantitative estimate of drug-likeness (QED) is 0.832. The summed E-state index contributed by atoms with van der Waals surface area (Å²) >= 11 is 0.